The lowest BCUT2D eigenvalue weighted by molar-refractivity contribution is -0.143. The number of Topliss-reactive ketones (excluding diaryl/α,β-unsaturated/α-hetero) is 3. The van der Waals surface area contributed by atoms with Crippen LogP contribution >= 0.6 is 11.3 Å². The lowest BCUT2D eigenvalue weighted by atomic mass is 9.78. The molecule has 0 spiro atoms. The van der Waals surface area contributed by atoms with E-state index in [0.717, 1.165) is 4.88 Å². The van der Waals surface area contributed by atoms with Gasteiger partial charge < -0.3 is 0 Å². The summed E-state index contributed by atoms with van der Waals surface area (Å²) in [6.07, 6.45) is 0.910. The van der Waals surface area contributed by atoms with Gasteiger partial charge in [0.1, 0.15) is 5.92 Å². The molecule has 1 aromatic rings. The molecule has 1 saturated carbocycles. The van der Waals surface area contributed by atoms with E-state index in [4.69, 9.17) is 0 Å². The molecule has 0 saturated heterocycles. The van der Waals surface area contributed by atoms with Crippen molar-refractivity contribution in [2.24, 2.45) is 11.8 Å². The Morgan fingerprint density at radius 3 is 2.53 bits per heavy atom. The molecule has 1 fully saturated rings. The highest BCUT2D eigenvalue weighted by atomic mass is 32.1. The molecular formula is C13H14O3S. The average Bonchev–Trinajstić information content (AvgIpc) is 2.68. The predicted octanol–water partition coefficient (Wildman–Crippen LogP) is 2.04. The Balaban J connectivity index is 2.08. The predicted molar refractivity (Wildman–Crippen MR) is 64.9 cm³/mol. The normalized spacial score (nSPS) is 25.0. The van der Waals surface area contributed by atoms with Crippen LogP contribution in [-0.2, 0) is 20.8 Å². The molecule has 1 heterocycles. The third-order valence-corrected chi connectivity index (χ3v) is 3.87. The van der Waals surface area contributed by atoms with Crippen molar-refractivity contribution in [1.29, 1.82) is 0 Å². The first-order valence-corrected chi connectivity index (χ1v) is 6.56. The van der Waals surface area contributed by atoms with Crippen LogP contribution in [0.4, 0.5) is 0 Å². The molecule has 0 unspecified atom stereocenters. The number of carbonyl (C=O) groups excluding carboxylic acids is 3. The minimum atomic E-state index is -0.992. The van der Waals surface area contributed by atoms with Crippen LogP contribution < -0.4 is 0 Å². The smallest absolute Gasteiger partial charge is 0.155 e. The number of hydrogen-bond acceptors (Lipinski definition) is 4. The second-order valence-electron chi connectivity index (χ2n) is 4.60. The Bertz CT molecular complexity index is 429. The summed E-state index contributed by atoms with van der Waals surface area (Å²) in [7, 11) is 0. The largest absolute Gasteiger partial charge is 0.298 e. The number of rotatable bonds is 3. The highest BCUT2D eigenvalue weighted by Crippen LogP contribution is 2.25. The van der Waals surface area contributed by atoms with Gasteiger partial charge in [0.05, 0.1) is 0 Å². The third kappa shape index (κ3) is 2.69. The van der Waals surface area contributed by atoms with Crippen LogP contribution in [0.5, 0.6) is 0 Å². The summed E-state index contributed by atoms with van der Waals surface area (Å²) in [4.78, 5) is 36.4. The molecule has 1 aliphatic rings. The standard InChI is InChI=1S/C13H14O3S/c1-8-5-10(14)13(11(15)6-8)12(16)7-9-3-2-4-17-9/h2-4,8,13H,5-7H2,1H3. The van der Waals surface area contributed by atoms with Crippen LogP contribution in [0.2, 0.25) is 0 Å². The van der Waals surface area contributed by atoms with E-state index in [-0.39, 0.29) is 29.7 Å². The Morgan fingerprint density at radius 1 is 1.35 bits per heavy atom. The van der Waals surface area contributed by atoms with Gasteiger partial charge in [0.15, 0.2) is 17.3 Å². The van der Waals surface area contributed by atoms with E-state index < -0.39 is 5.92 Å². The number of ketones is 3. The van der Waals surface area contributed by atoms with Crippen molar-refractivity contribution in [3.63, 3.8) is 0 Å². The molecule has 0 bridgehead atoms. The van der Waals surface area contributed by atoms with Crippen molar-refractivity contribution < 1.29 is 14.4 Å². The maximum atomic E-state index is 12.0. The monoisotopic (exact) mass is 250 g/mol. The molecular weight excluding hydrogens is 236 g/mol. The van der Waals surface area contributed by atoms with Crippen LogP contribution in [0.25, 0.3) is 0 Å². The van der Waals surface area contributed by atoms with E-state index in [1.807, 2.05) is 24.4 Å². The van der Waals surface area contributed by atoms with Crippen molar-refractivity contribution in [1.82, 2.24) is 0 Å². The van der Waals surface area contributed by atoms with Crippen molar-refractivity contribution in [2.75, 3.05) is 0 Å². The molecule has 0 amide bonds. The first-order valence-electron chi connectivity index (χ1n) is 5.68. The second kappa shape index (κ2) is 4.92. The quantitative estimate of drug-likeness (QED) is 0.771. The molecule has 90 valence electrons. The molecule has 3 nitrogen and oxygen atoms in total. The molecule has 17 heavy (non-hydrogen) atoms. The van der Waals surface area contributed by atoms with Crippen LogP contribution in [-0.4, -0.2) is 17.3 Å². The van der Waals surface area contributed by atoms with E-state index in [9.17, 15) is 14.4 Å². The molecule has 1 aliphatic carbocycles. The minimum absolute atomic E-state index is 0.0841. The SMILES string of the molecule is CC1CC(=O)C(C(=O)Cc2cccs2)C(=O)C1. The Morgan fingerprint density at radius 2 is 2.00 bits per heavy atom. The zero-order valence-electron chi connectivity index (χ0n) is 9.64. The molecule has 1 aromatic heterocycles. The highest BCUT2D eigenvalue weighted by Gasteiger charge is 2.38. The van der Waals surface area contributed by atoms with Crippen molar-refractivity contribution >= 4 is 28.7 Å². The summed E-state index contributed by atoms with van der Waals surface area (Å²) < 4.78 is 0. The Labute approximate surface area is 104 Å². The zero-order valence-corrected chi connectivity index (χ0v) is 10.5. The summed E-state index contributed by atoms with van der Waals surface area (Å²) in [6.45, 7) is 1.87. The van der Waals surface area contributed by atoms with Crippen molar-refractivity contribution in [3.8, 4) is 0 Å². The van der Waals surface area contributed by atoms with Crippen molar-refractivity contribution in [2.45, 2.75) is 26.2 Å². The molecule has 0 N–H and O–H groups in total. The first-order chi connectivity index (χ1) is 8.08. The van der Waals surface area contributed by atoms with Crippen LogP contribution in [0.15, 0.2) is 17.5 Å². The summed E-state index contributed by atoms with van der Waals surface area (Å²) in [5.74, 6) is -1.55. The van der Waals surface area contributed by atoms with Gasteiger partial charge in [0.2, 0.25) is 0 Å². The summed E-state index contributed by atoms with van der Waals surface area (Å²) in [5, 5.41) is 1.88. The first kappa shape index (κ1) is 12.2. The summed E-state index contributed by atoms with van der Waals surface area (Å²) >= 11 is 1.47. The van der Waals surface area contributed by atoms with Gasteiger partial charge in [-0.15, -0.1) is 11.3 Å². The van der Waals surface area contributed by atoms with Crippen molar-refractivity contribution in [3.05, 3.63) is 22.4 Å². The summed E-state index contributed by atoms with van der Waals surface area (Å²) in [6, 6.07) is 3.71. The minimum Gasteiger partial charge on any atom is -0.298 e. The van der Waals surface area contributed by atoms with E-state index in [1.165, 1.54) is 11.3 Å². The number of hydrogen-bond donors (Lipinski definition) is 0. The van der Waals surface area contributed by atoms with Gasteiger partial charge in [0, 0.05) is 24.1 Å². The zero-order chi connectivity index (χ0) is 12.4. The average molecular weight is 250 g/mol. The third-order valence-electron chi connectivity index (χ3n) is 2.99. The van der Waals surface area contributed by atoms with E-state index in [1.54, 1.807) is 0 Å². The molecule has 2 rings (SSSR count). The topological polar surface area (TPSA) is 51.2 Å². The van der Waals surface area contributed by atoms with Crippen LogP contribution in [0.3, 0.4) is 0 Å². The van der Waals surface area contributed by atoms with Crippen LogP contribution in [0.1, 0.15) is 24.6 Å². The second-order valence-corrected chi connectivity index (χ2v) is 5.63. The van der Waals surface area contributed by atoms with Gasteiger partial charge in [-0.1, -0.05) is 13.0 Å². The van der Waals surface area contributed by atoms with Gasteiger partial charge >= 0.3 is 0 Å². The highest BCUT2D eigenvalue weighted by molar-refractivity contribution is 7.10. The number of thiophene rings is 1. The van der Waals surface area contributed by atoms with Gasteiger partial charge in [-0.25, -0.2) is 0 Å². The van der Waals surface area contributed by atoms with E-state index in [2.05, 4.69) is 0 Å². The Kier molecular flexibility index (Phi) is 3.52. The van der Waals surface area contributed by atoms with Crippen LogP contribution in [0, 0.1) is 11.8 Å². The van der Waals surface area contributed by atoms with E-state index >= 15 is 0 Å². The maximum Gasteiger partial charge on any atom is 0.155 e. The van der Waals surface area contributed by atoms with Gasteiger partial charge in [-0.3, -0.25) is 14.4 Å². The van der Waals surface area contributed by atoms with Gasteiger partial charge in [-0.2, -0.15) is 0 Å². The molecule has 4 heteroatoms. The lowest BCUT2D eigenvalue weighted by Crippen LogP contribution is -2.38. The fourth-order valence-corrected chi connectivity index (χ4v) is 2.94. The molecule has 0 aromatic carbocycles. The van der Waals surface area contributed by atoms with Gasteiger partial charge in [0.25, 0.3) is 0 Å². The summed E-state index contributed by atoms with van der Waals surface area (Å²) in [5.41, 5.74) is 0. The fraction of sp³-hybridized carbons (Fsp3) is 0.462. The van der Waals surface area contributed by atoms with E-state index in [0.29, 0.717) is 12.8 Å². The molecule has 0 aliphatic heterocycles. The van der Waals surface area contributed by atoms with Gasteiger partial charge in [-0.05, 0) is 17.4 Å². The Hall–Kier alpha value is -1.29. The molecule has 0 radical (unpaired) electrons. The fourth-order valence-electron chi connectivity index (χ4n) is 2.22. The molecule has 0 atom stereocenters. The maximum absolute atomic E-state index is 12.0. The number of carbonyl (C=O) groups is 3. The lowest BCUT2D eigenvalue weighted by Gasteiger charge is -2.22.